The summed E-state index contributed by atoms with van der Waals surface area (Å²) in [5, 5.41) is 0. The van der Waals surface area contributed by atoms with Crippen LogP contribution in [0.25, 0.3) is 0 Å². The average Bonchev–Trinajstić information content (AvgIpc) is 2.34. The zero-order valence-electron chi connectivity index (χ0n) is 5.26. The number of quaternary nitrogens is 1. The van der Waals surface area contributed by atoms with Crippen LogP contribution in [-0.2, 0) is 13.1 Å². The zero-order valence-corrected chi connectivity index (χ0v) is 5.26. The fourth-order valence-electron chi connectivity index (χ4n) is 0.666. The van der Waals surface area contributed by atoms with Crippen LogP contribution in [0.5, 0.6) is 0 Å². The summed E-state index contributed by atoms with van der Waals surface area (Å²) in [6, 6.07) is 3.77. The van der Waals surface area contributed by atoms with Crippen molar-refractivity contribution in [2.45, 2.75) is 13.1 Å². The molecule has 5 N–H and O–H groups in total. The van der Waals surface area contributed by atoms with E-state index in [1.807, 2.05) is 12.1 Å². The molecule has 50 valence electrons. The highest BCUT2D eigenvalue weighted by Crippen LogP contribution is 2.04. The summed E-state index contributed by atoms with van der Waals surface area (Å²) < 4.78 is 5.19. The molecule has 0 aliphatic carbocycles. The quantitative estimate of drug-likeness (QED) is 0.561. The third kappa shape index (κ3) is 1.31. The second-order valence-electron chi connectivity index (χ2n) is 1.82. The van der Waals surface area contributed by atoms with E-state index in [4.69, 9.17) is 10.2 Å². The second kappa shape index (κ2) is 2.66. The molecule has 0 aromatic carbocycles. The fourth-order valence-corrected chi connectivity index (χ4v) is 0.666. The Balaban J connectivity index is 2.74. The number of nitrogens with two attached hydrogens (primary N) is 1. The molecule has 1 aromatic heterocycles. The van der Waals surface area contributed by atoms with Crippen LogP contribution in [0, 0.1) is 0 Å². The van der Waals surface area contributed by atoms with Crippen LogP contribution < -0.4 is 11.5 Å². The lowest BCUT2D eigenvalue weighted by atomic mass is 10.4. The molecule has 1 rings (SSSR count). The number of hydrogen-bond donors (Lipinski definition) is 2. The van der Waals surface area contributed by atoms with Crippen LogP contribution in [0.1, 0.15) is 11.5 Å². The number of furan rings is 1. The maximum atomic E-state index is 5.30. The molecule has 0 saturated heterocycles. The SMILES string of the molecule is NCc1ccc(C[NH3+])o1. The third-order valence-electron chi connectivity index (χ3n) is 1.16. The van der Waals surface area contributed by atoms with Gasteiger partial charge in [-0.25, -0.2) is 0 Å². The van der Waals surface area contributed by atoms with Crippen molar-refractivity contribution in [2.24, 2.45) is 5.73 Å². The van der Waals surface area contributed by atoms with E-state index in [9.17, 15) is 0 Å². The van der Waals surface area contributed by atoms with Gasteiger partial charge in [-0.1, -0.05) is 0 Å². The Morgan fingerprint density at radius 1 is 1.44 bits per heavy atom. The minimum Gasteiger partial charge on any atom is -0.459 e. The van der Waals surface area contributed by atoms with Crippen molar-refractivity contribution in [3.63, 3.8) is 0 Å². The maximum Gasteiger partial charge on any atom is 0.158 e. The predicted molar refractivity (Wildman–Crippen MR) is 33.2 cm³/mol. The molecule has 0 atom stereocenters. The van der Waals surface area contributed by atoms with E-state index in [1.165, 1.54) is 0 Å². The maximum absolute atomic E-state index is 5.30. The first-order chi connectivity index (χ1) is 4.36. The lowest BCUT2D eigenvalue weighted by Crippen LogP contribution is -2.47. The van der Waals surface area contributed by atoms with Crippen LogP contribution >= 0.6 is 0 Å². The summed E-state index contributed by atoms with van der Waals surface area (Å²) in [6.07, 6.45) is 0. The van der Waals surface area contributed by atoms with Crippen molar-refractivity contribution >= 4 is 0 Å². The summed E-state index contributed by atoms with van der Waals surface area (Å²) in [6.45, 7) is 1.17. The number of rotatable bonds is 2. The molecule has 0 unspecified atom stereocenters. The van der Waals surface area contributed by atoms with Gasteiger partial charge >= 0.3 is 0 Å². The predicted octanol–water partition coefficient (Wildman–Crippen LogP) is -0.520. The summed E-state index contributed by atoms with van der Waals surface area (Å²) in [4.78, 5) is 0. The van der Waals surface area contributed by atoms with Crippen LogP contribution in [0.2, 0.25) is 0 Å². The molecule has 3 nitrogen and oxygen atoms in total. The van der Waals surface area contributed by atoms with Gasteiger partial charge in [0.25, 0.3) is 0 Å². The van der Waals surface area contributed by atoms with E-state index in [1.54, 1.807) is 0 Å². The molecule has 0 amide bonds. The molecular formula is C6H11N2O+. The van der Waals surface area contributed by atoms with Crippen molar-refractivity contribution in [2.75, 3.05) is 0 Å². The van der Waals surface area contributed by atoms with Crippen LogP contribution in [0.15, 0.2) is 16.5 Å². The monoisotopic (exact) mass is 127 g/mol. The third-order valence-corrected chi connectivity index (χ3v) is 1.16. The van der Waals surface area contributed by atoms with Gasteiger partial charge in [-0.15, -0.1) is 0 Å². The van der Waals surface area contributed by atoms with E-state index in [2.05, 4.69) is 5.73 Å². The summed E-state index contributed by atoms with van der Waals surface area (Å²) >= 11 is 0. The molecule has 0 radical (unpaired) electrons. The van der Waals surface area contributed by atoms with Gasteiger partial charge in [0.2, 0.25) is 0 Å². The van der Waals surface area contributed by atoms with Gasteiger partial charge in [-0.05, 0) is 12.1 Å². The number of hydrogen-bond acceptors (Lipinski definition) is 2. The van der Waals surface area contributed by atoms with Gasteiger partial charge in [-0.3, -0.25) is 0 Å². The molecule has 1 heterocycles. The van der Waals surface area contributed by atoms with E-state index < -0.39 is 0 Å². The van der Waals surface area contributed by atoms with Crippen molar-refractivity contribution in [1.82, 2.24) is 0 Å². The lowest BCUT2D eigenvalue weighted by Gasteiger charge is -1.85. The van der Waals surface area contributed by atoms with Gasteiger partial charge in [0.05, 0.1) is 6.54 Å². The smallest absolute Gasteiger partial charge is 0.158 e. The molecule has 3 heteroatoms. The van der Waals surface area contributed by atoms with Crippen LogP contribution in [0.3, 0.4) is 0 Å². The van der Waals surface area contributed by atoms with Crippen molar-refractivity contribution in [3.05, 3.63) is 23.7 Å². The van der Waals surface area contributed by atoms with Crippen molar-refractivity contribution in [1.29, 1.82) is 0 Å². The first-order valence-corrected chi connectivity index (χ1v) is 2.93. The van der Waals surface area contributed by atoms with Crippen LogP contribution in [0.4, 0.5) is 0 Å². The Morgan fingerprint density at radius 3 is 2.44 bits per heavy atom. The first-order valence-electron chi connectivity index (χ1n) is 2.93. The topological polar surface area (TPSA) is 66.8 Å². The summed E-state index contributed by atoms with van der Waals surface area (Å²) in [5.74, 6) is 1.73. The molecule has 0 spiro atoms. The van der Waals surface area contributed by atoms with Gasteiger partial charge < -0.3 is 15.9 Å². The van der Waals surface area contributed by atoms with Crippen molar-refractivity contribution in [3.8, 4) is 0 Å². The molecule has 1 aromatic rings. The zero-order chi connectivity index (χ0) is 6.69. The molecule has 0 bridgehead atoms. The molecular weight excluding hydrogens is 116 g/mol. The lowest BCUT2D eigenvalue weighted by molar-refractivity contribution is -0.390. The molecule has 0 fully saturated rings. The molecule has 0 saturated carbocycles. The summed E-state index contributed by atoms with van der Waals surface area (Å²) in [5.41, 5.74) is 8.97. The van der Waals surface area contributed by atoms with E-state index in [0.29, 0.717) is 13.1 Å². The van der Waals surface area contributed by atoms with Gasteiger partial charge in [0, 0.05) is 0 Å². The molecule has 0 aliphatic heterocycles. The minimum atomic E-state index is 0.472. The highest BCUT2D eigenvalue weighted by Gasteiger charge is 1.97. The van der Waals surface area contributed by atoms with Gasteiger partial charge in [0.15, 0.2) is 5.76 Å². The first kappa shape index (κ1) is 6.32. The van der Waals surface area contributed by atoms with Gasteiger partial charge in [-0.2, -0.15) is 0 Å². The Bertz CT molecular complexity index is 164. The minimum absolute atomic E-state index is 0.472. The van der Waals surface area contributed by atoms with E-state index >= 15 is 0 Å². The Hall–Kier alpha value is -0.800. The van der Waals surface area contributed by atoms with Crippen LogP contribution in [-0.4, -0.2) is 0 Å². The van der Waals surface area contributed by atoms with E-state index in [0.717, 1.165) is 11.5 Å². The Kier molecular flexibility index (Phi) is 1.87. The highest BCUT2D eigenvalue weighted by atomic mass is 16.3. The molecule has 0 aliphatic rings. The highest BCUT2D eigenvalue weighted by molar-refractivity contribution is 5.05. The standard InChI is InChI=1S/C6H10N2O/c7-3-5-1-2-6(4-8)9-5/h1-2H,3-4,7-8H2/p+1. The largest absolute Gasteiger partial charge is 0.459 e. The van der Waals surface area contributed by atoms with Crippen molar-refractivity contribution < 1.29 is 10.2 Å². The fraction of sp³-hybridized carbons (Fsp3) is 0.333. The Labute approximate surface area is 53.6 Å². The molecule has 9 heavy (non-hydrogen) atoms. The second-order valence-corrected chi connectivity index (χ2v) is 1.82. The van der Waals surface area contributed by atoms with Gasteiger partial charge in [0.1, 0.15) is 12.3 Å². The Morgan fingerprint density at radius 2 is 2.11 bits per heavy atom. The van der Waals surface area contributed by atoms with E-state index in [-0.39, 0.29) is 0 Å². The average molecular weight is 127 g/mol. The summed E-state index contributed by atoms with van der Waals surface area (Å²) in [7, 11) is 0. The normalized spacial score (nSPS) is 10.0.